The summed E-state index contributed by atoms with van der Waals surface area (Å²) in [6.07, 6.45) is 1.78. The Bertz CT molecular complexity index is 1470. The highest BCUT2D eigenvalue weighted by Crippen LogP contribution is 2.43. The van der Waals surface area contributed by atoms with Crippen molar-refractivity contribution in [3.63, 3.8) is 0 Å². The lowest BCUT2D eigenvalue weighted by Crippen LogP contribution is -2.29. The van der Waals surface area contributed by atoms with Crippen LogP contribution < -0.4 is 20.3 Å². The molecular formula is C31H32N4O3S. The van der Waals surface area contributed by atoms with Crippen LogP contribution >= 0.6 is 12.2 Å². The van der Waals surface area contributed by atoms with Gasteiger partial charge >= 0.3 is 0 Å². The highest BCUT2D eigenvalue weighted by Gasteiger charge is 2.42. The Hall–Kier alpha value is -4.17. The third kappa shape index (κ3) is 5.52. The molecule has 1 fully saturated rings. The smallest absolute Gasteiger partial charge is 0.226 e. The molecule has 0 bridgehead atoms. The molecule has 3 heterocycles. The first-order valence-electron chi connectivity index (χ1n) is 13.1. The number of thiocarbonyl (C=S) groups is 1. The van der Waals surface area contributed by atoms with Gasteiger partial charge in [0.25, 0.3) is 0 Å². The second-order valence-electron chi connectivity index (χ2n) is 9.80. The molecule has 0 radical (unpaired) electrons. The van der Waals surface area contributed by atoms with E-state index in [1.807, 2.05) is 100 Å². The maximum absolute atomic E-state index is 12.3. The number of benzene rings is 2. The zero-order valence-corrected chi connectivity index (χ0v) is 23.3. The van der Waals surface area contributed by atoms with E-state index in [0.29, 0.717) is 11.7 Å². The molecule has 4 aromatic rings. The number of pyridine rings is 1. The number of aryl methyl sites for hydroxylation is 1. The monoisotopic (exact) mass is 540 g/mol. The quantitative estimate of drug-likeness (QED) is 0.237. The van der Waals surface area contributed by atoms with Crippen molar-refractivity contribution in [3.8, 4) is 17.1 Å². The van der Waals surface area contributed by atoms with E-state index in [1.54, 1.807) is 6.20 Å². The van der Waals surface area contributed by atoms with Crippen LogP contribution in [0.4, 0.5) is 11.4 Å². The van der Waals surface area contributed by atoms with Gasteiger partial charge in [0, 0.05) is 29.1 Å². The van der Waals surface area contributed by atoms with E-state index in [4.69, 9.17) is 21.4 Å². The zero-order chi connectivity index (χ0) is 27.5. The molecule has 0 saturated carbocycles. The average molecular weight is 541 g/mol. The number of carbonyl (C=O) groups is 1. The molecular weight excluding hydrogens is 508 g/mol. The van der Waals surface area contributed by atoms with Crippen molar-refractivity contribution in [2.75, 3.05) is 16.8 Å². The lowest BCUT2D eigenvalue weighted by atomic mass is 10.0. The Morgan fingerprint density at radius 2 is 1.92 bits per heavy atom. The number of furan rings is 1. The van der Waals surface area contributed by atoms with Gasteiger partial charge in [-0.2, -0.15) is 0 Å². The Kier molecular flexibility index (Phi) is 7.65. The van der Waals surface area contributed by atoms with Crippen LogP contribution in [0.5, 0.6) is 5.75 Å². The van der Waals surface area contributed by atoms with Crippen LogP contribution in [0.15, 0.2) is 83.4 Å². The van der Waals surface area contributed by atoms with Crippen molar-refractivity contribution < 1.29 is 13.9 Å². The molecule has 5 rings (SSSR count). The van der Waals surface area contributed by atoms with Gasteiger partial charge in [0.15, 0.2) is 5.11 Å². The van der Waals surface area contributed by atoms with Gasteiger partial charge in [0.05, 0.1) is 18.3 Å². The summed E-state index contributed by atoms with van der Waals surface area (Å²) in [4.78, 5) is 19.0. The Labute approximate surface area is 234 Å². The van der Waals surface area contributed by atoms with Gasteiger partial charge < -0.3 is 24.7 Å². The molecule has 2 aromatic carbocycles. The first-order valence-corrected chi connectivity index (χ1v) is 13.5. The minimum Gasteiger partial charge on any atom is -0.494 e. The summed E-state index contributed by atoms with van der Waals surface area (Å²) in [5.74, 6) is 2.22. The Morgan fingerprint density at radius 3 is 2.59 bits per heavy atom. The minimum absolute atomic E-state index is 0.0188. The number of rotatable bonds is 8. The average Bonchev–Trinajstić information content (AvgIpc) is 3.55. The standard InChI is InChI=1S/C31H32N4O3S/c1-5-37-23-12-9-21(10-13-23)26-15-16-27(38-26)29-28(25-8-6-7-17-32-25)34-31(39)35(29)22-11-14-24(20(4)18-22)33-30(36)19(2)3/h6-19,28-29H,5H2,1-4H3,(H,33,36)(H,34,39)/t28-,29-/m0/s1. The number of aromatic nitrogens is 1. The molecule has 1 aliphatic heterocycles. The van der Waals surface area contributed by atoms with E-state index >= 15 is 0 Å². The van der Waals surface area contributed by atoms with E-state index in [1.165, 1.54) is 0 Å². The maximum Gasteiger partial charge on any atom is 0.226 e. The summed E-state index contributed by atoms with van der Waals surface area (Å²) in [6, 6.07) is 23.1. The molecule has 0 aliphatic carbocycles. The van der Waals surface area contributed by atoms with Crippen molar-refractivity contribution >= 4 is 34.6 Å². The third-order valence-corrected chi connectivity index (χ3v) is 7.05. The normalized spacial score (nSPS) is 16.8. The Morgan fingerprint density at radius 1 is 1.13 bits per heavy atom. The summed E-state index contributed by atoms with van der Waals surface area (Å²) in [5, 5.41) is 7.05. The SMILES string of the molecule is CCOc1ccc(-c2ccc([C@H]3[C@H](c4ccccn4)NC(=S)N3c3ccc(NC(=O)C(C)C)c(C)c3)o2)cc1. The third-order valence-electron chi connectivity index (χ3n) is 6.74. The number of amides is 1. The predicted molar refractivity (Wildman–Crippen MR) is 158 cm³/mol. The summed E-state index contributed by atoms with van der Waals surface area (Å²) in [6.45, 7) is 8.32. The number of ether oxygens (including phenoxy) is 1. The van der Waals surface area contributed by atoms with E-state index < -0.39 is 0 Å². The van der Waals surface area contributed by atoms with Crippen LogP contribution in [-0.2, 0) is 4.79 Å². The first kappa shape index (κ1) is 26.4. The summed E-state index contributed by atoms with van der Waals surface area (Å²) in [5.41, 5.74) is 4.45. The molecule has 1 amide bonds. The lowest BCUT2D eigenvalue weighted by molar-refractivity contribution is -0.118. The molecule has 1 saturated heterocycles. The van der Waals surface area contributed by atoms with Crippen molar-refractivity contribution in [2.45, 2.75) is 39.8 Å². The van der Waals surface area contributed by atoms with Gasteiger partial charge in [-0.3, -0.25) is 9.78 Å². The van der Waals surface area contributed by atoms with Crippen LogP contribution in [0.3, 0.4) is 0 Å². The van der Waals surface area contributed by atoms with E-state index in [0.717, 1.165) is 45.5 Å². The summed E-state index contributed by atoms with van der Waals surface area (Å²) < 4.78 is 12.1. The molecule has 0 spiro atoms. The van der Waals surface area contributed by atoms with Crippen molar-refractivity contribution in [1.82, 2.24) is 10.3 Å². The predicted octanol–water partition coefficient (Wildman–Crippen LogP) is 6.82. The fraction of sp³-hybridized carbons (Fsp3) is 0.258. The van der Waals surface area contributed by atoms with Crippen molar-refractivity contribution in [1.29, 1.82) is 0 Å². The van der Waals surface area contributed by atoms with Crippen LogP contribution in [-0.4, -0.2) is 22.6 Å². The molecule has 2 N–H and O–H groups in total. The number of nitrogens with zero attached hydrogens (tertiary/aromatic N) is 2. The zero-order valence-electron chi connectivity index (χ0n) is 22.5. The Balaban J connectivity index is 1.51. The molecule has 2 aromatic heterocycles. The van der Waals surface area contributed by atoms with Gasteiger partial charge in [0.1, 0.15) is 23.3 Å². The van der Waals surface area contributed by atoms with E-state index in [9.17, 15) is 4.79 Å². The van der Waals surface area contributed by atoms with Crippen LogP contribution in [0.2, 0.25) is 0 Å². The van der Waals surface area contributed by atoms with Crippen LogP contribution in [0.1, 0.15) is 49.9 Å². The molecule has 0 unspecified atom stereocenters. The van der Waals surface area contributed by atoms with E-state index in [2.05, 4.69) is 20.5 Å². The molecule has 7 nitrogen and oxygen atoms in total. The second-order valence-corrected chi connectivity index (χ2v) is 10.2. The van der Waals surface area contributed by atoms with Crippen molar-refractivity contribution in [3.05, 3.63) is 96.0 Å². The summed E-state index contributed by atoms with van der Waals surface area (Å²) >= 11 is 5.86. The topological polar surface area (TPSA) is 79.6 Å². The fourth-order valence-corrected chi connectivity index (χ4v) is 5.03. The highest BCUT2D eigenvalue weighted by molar-refractivity contribution is 7.80. The van der Waals surface area contributed by atoms with Gasteiger partial charge in [0.2, 0.25) is 5.91 Å². The van der Waals surface area contributed by atoms with Gasteiger partial charge in [-0.15, -0.1) is 0 Å². The van der Waals surface area contributed by atoms with Crippen LogP contribution in [0, 0.1) is 12.8 Å². The summed E-state index contributed by atoms with van der Waals surface area (Å²) in [7, 11) is 0. The number of anilines is 2. The largest absolute Gasteiger partial charge is 0.494 e. The van der Waals surface area contributed by atoms with Crippen LogP contribution in [0.25, 0.3) is 11.3 Å². The molecule has 8 heteroatoms. The number of hydrogen-bond acceptors (Lipinski definition) is 5. The fourth-order valence-electron chi connectivity index (χ4n) is 4.69. The maximum atomic E-state index is 12.3. The highest BCUT2D eigenvalue weighted by atomic mass is 32.1. The molecule has 2 atom stereocenters. The van der Waals surface area contributed by atoms with Gasteiger partial charge in [-0.05, 0) is 98.4 Å². The van der Waals surface area contributed by atoms with Gasteiger partial charge in [-0.1, -0.05) is 19.9 Å². The van der Waals surface area contributed by atoms with Crippen molar-refractivity contribution in [2.24, 2.45) is 5.92 Å². The first-order chi connectivity index (χ1) is 18.9. The number of carbonyl (C=O) groups excluding carboxylic acids is 1. The number of nitrogens with one attached hydrogen (secondary N) is 2. The van der Waals surface area contributed by atoms with E-state index in [-0.39, 0.29) is 23.9 Å². The minimum atomic E-state index is -0.278. The van der Waals surface area contributed by atoms with Gasteiger partial charge in [-0.25, -0.2) is 0 Å². The number of hydrogen-bond donors (Lipinski definition) is 2. The molecule has 39 heavy (non-hydrogen) atoms. The second kappa shape index (κ2) is 11.3. The molecule has 200 valence electrons. The molecule has 1 aliphatic rings. The lowest BCUT2D eigenvalue weighted by Gasteiger charge is -2.27.